The van der Waals surface area contributed by atoms with Crippen LogP contribution < -0.4 is 25.9 Å². The topological polar surface area (TPSA) is 79.4 Å². The molecule has 0 amide bonds. The highest BCUT2D eigenvalue weighted by atomic mass is 32.1. The fourth-order valence-electron chi connectivity index (χ4n) is 4.94. The molecule has 0 spiro atoms. The molecule has 0 unspecified atom stereocenters. The van der Waals surface area contributed by atoms with Crippen molar-refractivity contribution < 1.29 is 13.5 Å². The highest BCUT2D eigenvalue weighted by Gasteiger charge is 2.35. The van der Waals surface area contributed by atoms with E-state index in [2.05, 4.69) is 9.69 Å². The van der Waals surface area contributed by atoms with Crippen LogP contribution in [0.1, 0.15) is 32.2 Å². The summed E-state index contributed by atoms with van der Waals surface area (Å²) in [5, 5.41) is 3.43. The third-order valence-corrected chi connectivity index (χ3v) is 7.60. The zero-order valence-electron chi connectivity index (χ0n) is 18.0. The minimum Gasteiger partial charge on any atom is -0.492 e. The number of fused-ring (bicyclic) bond motifs is 2. The number of hydrogen-bond acceptors (Lipinski definition) is 6. The van der Waals surface area contributed by atoms with E-state index in [0.29, 0.717) is 41.4 Å². The first kappa shape index (κ1) is 21.4. The van der Waals surface area contributed by atoms with Crippen LogP contribution in [-0.4, -0.2) is 48.4 Å². The van der Waals surface area contributed by atoms with Crippen molar-refractivity contribution in [3.05, 3.63) is 32.5 Å². The Balaban J connectivity index is 1.68. The molecule has 3 aromatic rings. The van der Waals surface area contributed by atoms with Crippen molar-refractivity contribution in [1.29, 1.82) is 0 Å². The van der Waals surface area contributed by atoms with Gasteiger partial charge in [0.2, 0.25) is 5.43 Å². The first-order chi connectivity index (χ1) is 15.5. The highest BCUT2D eigenvalue weighted by Crippen LogP contribution is 2.46. The molecular weight excluding hydrogens is 438 g/mol. The van der Waals surface area contributed by atoms with Gasteiger partial charge in [-0.15, -0.1) is 0 Å². The molecule has 1 saturated heterocycles. The van der Waals surface area contributed by atoms with Gasteiger partial charge < -0.3 is 19.5 Å². The minimum atomic E-state index is -0.537. The smallest absolute Gasteiger partial charge is 0.271 e. The standard InChI is InChI=1S/C22H26F2N4O3S/c1-11(25-7-6-23)12-5-8-27(10-12)18-15(24)9-14-17(20(18)31-2)28(13-3-4-13)22-16(19(14)29)21(30)26-32-22/h9,11-13,25H,3-8,10H2,1-2H3,(H,26,30)/t11-,12+/m0/s1. The second-order valence-corrected chi connectivity index (χ2v) is 9.50. The molecule has 1 aliphatic heterocycles. The second-order valence-electron chi connectivity index (χ2n) is 8.71. The lowest BCUT2D eigenvalue weighted by Crippen LogP contribution is -2.36. The zero-order valence-corrected chi connectivity index (χ0v) is 18.9. The number of rotatable bonds is 7. The Bertz CT molecular complexity index is 1300. The molecule has 2 aliphatic rings. The van der Waals surface area contributed by atoms with E-state index in [-0.39, 0.29) is 28.8 Å². The number of pyridine rings is 1. The first-order valence-electron chi connectivity index (χ1n) is 11.0. The van der Waals surface area contributed by atoms with E-state index < -0.39 is 23.5 Å². The molecule has 10 heteroatoms. The average Bonchev–Trinajstić information content (AvgIpc) is 3.37. The zero-order chi connectivity index (χ0) is 22.6. The number of nitrogens with one attached hydrogen (secondary N) is 2. The van der Waals surface area contributed by atoms with E-state index >= 15 is 4.39 Å². The van der Waals surface area contributed by atoms with Gasteiger partial charge in [0, 0.05) is 31.7 Å². The quantitative estimate of drug-likeness (QED) is 0.562. The largest absolute Gasteiger partial charge is 0.492 e. The average molecular weight is 465 g/mol. The van der Waals surface area contributed by atoms with Crippen LogP contribution in [0.4, 0.5) is 14.5 Å². The predicted octanol–water partition coefficient (Wildman–Crippen LogP) is 3.16. The van der Waals surface area contributed by atoms with E-state index in [0.717, 1.165) is 30.8 Å². The maximum absolute atomic E-state index is 15.5. The Hall–Kier alpha value is -2.46. The molecular formula is C22H26F2N4O3S. The molecule has 5 rings (SSSR count). The van der Waals surface area contributed by atoms with Crippen LogP contribution in [0.2, 0.25) is 0 Å². The summed E-state index contributed by atoms with van der Waals surface area (Å²) >= 11 is 1.13. The molecule has 3 heterocycles. The van der Waals surface area contributed by atoms with Crippen molar-refractivity contribution in [2.75, 3.05) is 38.3 Å². The van der Waals surface area contributed by atoms with Crippen LogP contribution in [0, 0.1) is 11.7 Å². The van der Waals surface area contributed by atoms with Crippen LogP contribution in [-0.2, 0) is 0 Å². The minimum absolute atomic E-state index is 0.0811. The molecule has 2 fully saturated rings. The van der Waals surface area contributed by atoms with Crippen LogP contribution in [0.5, 0.6) is 5.75 Å². The lowest BCUT2D eigenvalue weighted by molar-refractivity contribution is 0.373. The Kier molecular flexibility index (Phi) is 5.45. The Labute approximate surface area is 187 Å². The molecule has 2 atom stereocenters. The van der Waals surface area contributed by atoms with Gasteiger partial charge in [0.15, 0.2) is 11.6 Å². The second kappa shape index (κ2) is 8.15. The molecule has 2 aromatic heterocycles. The van der Waals surface area contributed by atoms with Crippen molar-refractivity contribution in [1.82, 2.24) is 14.3 Å². The molecule has 2 N–H and O–H groups in total. The molecule has 0 bridgehead atoms. The normalized spacial score (nSPS) is 19.9. The van der Waals surface area contributed by atoms with E-state index in [1.54, 1.807) is 0 Å². The Morgan fingerprint density at radius 1 is 1.34 bits per heavy atom. The summed E-state index contributed by atoms with van der Waals surface area (Å²) in [6.07, 6.45) is 2.70. The molecule has 0 radical (unpaired) electrons. The van der Waals surface area contributed by atoms with E-state index in [4.69, 9.17) is 4.74 Å². The van der Waals surface area contributed by atoms with Crippen LogP contribution in [0.15, 0.2) is 15.7 Å². The summed E-state index contributed by atoms with van der Waals surface area (Å²) in [6.45, 7) is 3.14. The van der Waals surface area contributed by atoms with E-state index in [9.17, 15) is 14.0 Å². The Morgan fingerprint density at radius 2 is 2.12 bits per heavy atom. The van der Waals surface area contributed by atoms with Crippen LogP contribution in [0.25, 0.3) is 21.1 Å². The third kappa shape index (κ3) is 3.31. The molecule has 172 valence electrons. The monoisotopic (exact) mass is 464 g/mol. The molecule has 7 nitrogen and oxygen atoms in total. The predicted molar refractivity (Wildman–Crippen MR) is 123 cm³/mol. The van der Waals surface area contributed by atoms with Gasteiger partial charge in [0.25, 0.3) is 5.56 Å². The number of ether oxygens (including phenoxy) is 1. The lowest BCUT2D eigenvalue weighted by atomic mass is 10.0. The van der Waals surface area contributed by atoms with Crippen molar-refractivity contribution in [3.63, 3.8) is 0 Å². The van der Waals surface area contributed by atoms with Crippen molar-refractivity contribution in [2.24, 2.45) is 5.92 Å². The van der Waals surface area contributed by atoms with Gasteiger partial charge in [-0.3, -0.25) is 14.0 Å². The van der Waals surface area contributed by atoms with Gasteiger partial charge in [-0.05, 0) is 49.7 Å². The first-order valence-corrected chi connectivity index (χ1v) is 11.8. The SMILES string of the molecule is COc1c(N2CC[C@@H]([C@H](C)NCCF)C2)c(F)cc2c(=O)c3c(=O)[nH]sc3n(C3CC3)c12. The molecule has 1 saturated carbocycles. The number of aromatic amines is 1. The van der Waals surface area contributed by atoms with Crippen LogP contribution in [0.3, 0.4) is 0 Å². The number of benzene rings is 1. The number of alkyl halides is 1. The molecule has 1 aromatic carbocycles. The number of hydrogen-bond donors (Lipinski definition) is 2. The summed E-state index contributed by atoms with van der Waals surface area (Å²) in [4.78, 5) is 28.0. The fourth-order valence-corrected chi connectivity index (χ4v) is 5.85. The lowest BCUT2D eigenvalue weighted by Gasteiger charge is -2.26. The number of H-pyrrole nitrogens is 1. The van der Waals surface area contributed by atoms with E-state index in [1.807, 2.05) is 16.4 Å². The van der Waals surface area contributed by atoms with Crippen molar-refractivity contribution in [3.8, 4) is 5.75 Å². The summed E-state index contributed by atoms with van der Waals surface area (Å²) < 4.78 is 38.4. The summed E-state index contributed by atoms with van der Waals surface area (Å²) in [5.74, 6) is 0.0333. The van der Waals surface area contributed by atoms with E-state index in [1.165, 1.54) is 13.2 Å². The number of aromatic nitrogens is 2. The van der Waals surface area contributed by atoms with Crippen molar-refractivity contribution >= 4 is 38.3 Å². The summed E-state index contributed by atoms with van der Waals surface area (Å²) in [7, 11) is 1.49. The molecule has 32 heavy (non-hydrogen) atoms. The van der Waals surface area contributed by atoms with Gasteiger partial charge >= 0.3 is 0 Å². The maximum Gasteiger partial charge on any atom is 0.271 e. The molecule has 1 aliphatic carbocycles. The van der Waals surface area contributed by atoms with Crippen LogP contribution >= 0.6 is 11.5 Å². The number of halogens is 2. The van der Waals surface area contributed by atoms with Gasteiger partial charge in [-0.25, -0.2) is 8.78 Å². The van der Waals surface area contributed by atoms with Crippen molar-refractivity contribution in [2.45, 2.75) is 38.3 Å². The van der Waals surface area contributed by atoms with Gasteiger partial charge in [0.1, 0.15) is 22.6 Å². The summed E-state index contributed by atoms with van der Waals surface area (Å²) in [6, 6.07) is 1.51. The number of anilines is 1. The summed E-state index contributed by atoms with van der Waals surface area (Å²) in [5.41, 5.74) is -0.0178. The van der Waals surface area contributed by atoms with Gasteiger partial charge in [-0.1, -0.05) is 0 Å². The fraction of sp³-hybridized carbons (Fsp3) is 0.545. The third-order valence-electron chi connectivity index (χ3n) is 6.72. The van der Waals surface area contributed by atoms with Gasteiger partial charge in [-0.2, -0.15) is 0 Å². The Morgan fingerprint density at radius 3 is 2.81 bits per heavy atom. The van der Waals surface area contributed by atoms with Gasteiger partial charge in [0.05, 0.1) is 18.0 Å². The highest BCUT2D eigenvalue weighted by molar-refractivity contribution is 7.12. The number of methoxy groups -OCH3 is 1. The number of nitrogens with zero attached hydrogens (tertiary/aromatic N) is 2. The maximum atomic E-state index is 15.5.